The summed E-state index contributed by atoms with van der Waals surface area (Å²) in [7, 11) is 0. The van der Waals surface area contributed by atoms with E-state index in [1.54, 1.807) is 0 Å². The van der Waals surface area contributed by atoms with Gasteiger partial charge in [0.05, 0.1) is 0 Å². The number of aliphatic carboxylic acids is 2. The Morgan fingerprint density at radius 3 is 0.895 bits per heavy atom. The topological polar surface area (TPSA) is 74.6 Å². The first-order valence-electron chi connectivity index (χ1n) is 5.61. The van der Waals surface area contributed by atoms with E-state index in [0.717, 1.165) is 13.8 Å². The van der Waals surface area contributed by atoms with Gasteiger partial charge in [-0.1, -0.05) is 18.1 Å². The van der Waals surface area contributed by atoms with Crippen LogP contribution in [-0.4, -0.2) is 22.2 Å². The van der Waals surface area contributed by atoms with Gasteiger partial charge in [0.25, 0.3) is 11.9 Å². The maximum Gasteiger partial charge on any atom is 0.300 e. The van der Waals surface area contributed by atoms with Crippen molar-refractivity contribution >= 4 is 11.9 Å². The molecule has 19 heavy (non-hydrogen) atoms. The van der Waals surface area contributed by atoms with E-state index < -0.39 is 11.9 Å². The molecule has 0 aromatic rings. The minimum absolute atomic E-state index is 0. The number of carboxylic acids is 2. The van der Waals surface area contributed by atoms with E-state index in [1.807, 2.05) is 0 Å². The third-order valence-electron chi connectivity index (χ3n) is 2.81. The van der Waals surface area contributed by atoms with Gasteiger partial charge >= 0.3 is 0 Å². The zero-order valence-electron chi connectivity index (χ0n) is 12.5. The summed E-state index contributed by atoms with van der Waals surface area (Å²) >= 11 is 0. The Morgan fingerprint density at radius 2 is 0.842 bits per heavy atom. The van der Waals surface area contributed by atoms with E-state index in [1.165, 1.54) is 28.2 Å². The molecule has 2 N–H and O–H groups in total. The maximum atomic E-state index is 9.00. The number of carbonyl (C=O) groups is 2. The third kappa shape index (κ3) is 10.6. The Balaban J connectivity index is -0.000000242. The Kier molecular flexibility index (Phi) is 13.3. The summed E-state index contributed by atoms with van der Waals surface area (Å²) in [4.78, 5) is 18.0. The molecule has 0 aromatic carbocycles. The average Bonchev–Trinajstić information content (AvgIpc) is 2.35. The molecule has 2 radical (unpaired) electrons. The minimum Gasteiger partial charge on any atom is -0.481 e. The first kappa shape index (κ1) is 23.2. The summed E-state index contributed by atoms with van der Waals surface area (Å²) in [5, 5.41) is 14.8. The van der Waals surface area contributed by atoms with E-state index in [0.29, 0.717) is 0 Å². The second-order valence-electron chi connectivity index (χ2n) is 4.16. The van der Waals surface area contributed by atoms with Gasteiger partial charge in [0.15, 0.2) is 0 Å². The summed E-state index contributed by atoms with van der Waals surface area (Å²) < 4.78 is 0. The number of hydrogen-bond donors (Lipinski definition) is 2. The zero-order valence-corrected chi connectivity index (χ0v) is 14.2. The molecule has 1 rings (SSSR count). The van der Waals surface area contributed by atoms with Crippen molar-refractivity contribution in [2.45, 2.75) is 48.5 Å². The summed E-state index contributed by atoms with van der Waals surface area (Å²) in [6.07, 6.45) is 0. The Bertz CT molecular complexity index is 337. The summed E-state index contributed by atoms with van der Waals surface area (Å²) in [6.45, 7) is 13.2. The Hall–Kier alpha value is -0.957. The SMILES string of the molecule is CC(=O)O.CC(=O)O.C[C]1C(C)=C(C)C(C)=C1C.[Rh]. The van der Waals surface area contributed by atoms with Gasteiger partial charge in [0, 0.05) is 39.2 Å². The summed E-state index contributed by atoms with van der Waals surface area (Å²) in [6, 6.07) is 0. The quantitative estimate of drug-likeness (QED) is 0.651. The van der Waals surface area contributed by atoms with Gasteiger partial charge in [-0.3, -0.25) is 9.59 Å². The second-order valence-corrected chi connectivity index (χ2v) is 4.16. The van der Waals surface area contributed by atoms with E-state index >= 15 is 0 Å². The minimum atomic E-state index is -0.833. The van der Waals surface area contributed by atoms with Gasteiger partial charge in [0.1, 0.15) is 0 Å². The number of carboxylic acid groups (broad SMARTS) is 2. The molecular formula is C14H23O4Rh. The van der Waals surface area contributed by atoms with Crippen molar-refractivity contribution in [2.24, 2.45) is 0 Å². The largest absolute Gasteiger partial charge is 0.481 e. The Morgan fingerprint density at radius 1 is 0.684 bits per heavy atom. The van der Waals surface area contributed by atoms with Crippen LogP contribution in [-0.2, 0) is 29.1 Å². The molecule has 0 fully saturated rings. The van der Waals surface area contributed by atoms with Crippen LogP contribution in [0.25, 0.3) is 0 Å². The smallest absolute Gasteiger partial charge is 0.300 e. The molecule has 1 aliphatic rings. The molecule has 0 unspecified atom stereocenters. The average molecular weight is 358 g/mol. The van der Waals surface area contributed by atoms with Gasteiger partial charge in [0.2, 0.25) is 0 Å². The van der Waals surface area contributed by atoms with Gasteiger partial charge in [-0.2, -0.15) is 0 Å². The molecule has 0 aromatic heterocycles. The van der Waals surface area contributed by atoms with Crippen molar-refractivity contribution < 1.29 is 39.3 Å². The van der Waals surface area contributed by atoms with Crippen molar-refractivity contribution in [3.8, 4) is 0 Å². The van der Waals surface area contributed by atoms with E-state index in [4.69, 9.17) is 19.8 Å². The molecule has 0 spiro atoms. The van der Waals surface area contributed by atoms with Crippen molar-refractivity contribution in [1.29, 1.82) is 0 Å². The van der Waals surface area contributed by atoms with Crippen molar-refractivity contribution in [1.82, 2.24) is 0 Å². The first-order valence-corrected chi connectivity index (χ1v) is 5.61. The number of hydrogen-bond acceptors (Lipinski definition) is 2. The van der Waals surface area contributed by atoms with Gasteiger partial charge < -0.3 is 10.2 Å². The van der Waals surface area contributed by atoms with E-state index in [9.17, 15) is 0 Å². The molecule has 1 aliphatic carbocycles. The zero-order chi connectivity index (χ0) is 15.0. The monoisotopic (exact) mass is 358 g/mol. The molecule has 4 nitrogen and oxygen atoms in total. The van der Waals surface area contributed by atoms with Crippen LogP contribution in [0, 0.1) is 5.92 Å². The fourth-order valence-corrected chi connectivity index (χ4v) is 1.41. The number of rotatable bonds is 0. The third-order valence-corrected chi connectivity index (χ3v) is 2.81. The first-order chi connectivity index (χ1) is 8.02. The van der Waals surface area contributed by atoms with E-state index in [2.05, 4.69) is 34.6 Å². The van der Waals surface area contributed by atoms with Crippen molar-refractivity contribution in [3.05, 3.63) is 28.2 Å². The molecule has 0 saturated carbocycles. The molecule has 0 aliphatic heterocycles. The molecule has 112 valence electrons. The molecule has 0 bridgehead atoms. The molecule has 0 saturated heterocycles. The second kappa shape index (κ2) is 10.9. The van der Waals surface area contributed by atoms with Gasteiger partial charge in [-0.25, -0.2) is 0 Å². The molecule has 0 heterocycles. The van der Waals surface area contributed by atoms with Crippen LogP contribution in [0.1, 0.15) is 48.5 Å². The Labute approximate surface area is 128 Å². The van der Waals surface area contributed by atoms with Crippen LogP contribution >= 0.6 is 0 Å². The molecule has 0 atom stereocenters. The summed E-state index contributed by atoms with van der Waals surface area (Å²) in [5.41, 5.74) is 5.87. The fraction of sp³-hybridized carbons (Fsp3) is 0.500. The van der Waals surface area contributed by atoms with Crippen LogP contribution in [0.4, 0.5) is 0 Å². The maximum absolute atomic E-state index is 9.00. The normalized spacial score (nSPS) is 13.8. The van der Waals surface area contributed by atoms with E-state index in [-0.39, 0.29) is 19.5 Å². The molecule has 0 amide bonds. The van der Waals surface area contributed by atoms with Gasteiger partial charge in [-0.05, 0) is 38.8 Å². The number of allylic oxidation sites excluding steroid dienone is 4. The van der Waals surface area contributed by atoms with Crippen LogP contribution in [0.3, 0.4) is 0 Å². The van der Waals surface area contributed by atoms with Gasteiger partial charge in [-0.15, -0.1) is 0 Å². The van der Waals surface area contributed by atoms with Crippen molar-refractivity contribution in [2.75, 3.05) is 0 Å². The predicted octanol–water partition coefficient (Wildman–Crippen LogP) is 3.45. The van der Waals surface area contributed by atoms with Crippen LogP contribution in [0.2, 0.25) is 0 Å². The summed E-state index contributed by atoms with van der Waals surface area (Å²) in [5.74, 6) is -0.199. The van der Waals surface area contributed by atoms with Crippen molar-refractivity contribution in [3.63, 3.8) is 0 Å². The van der Waals surface area contributed by atoms with Crippen LogP contribution < -0.4 is 0 Å². The van der Waals surface area contributed by atoms with Crippen LogP contribution in [0.15, 0.2) is 22.3 Å². The molecule has 5 heteroatoms. The molecular weight excluding hydrogens is 335 g/mol. The fourth-order valence-electron chi connectivity index (χ4n) is 1.41. The van der Waals surface area contributed by atoms with Crippen LogP contribution in [0.5, 0.6) is 0 Å². The standard InChI is InChI=1S/C10H15.2C2H4O2.Rh/c1-6-7(2)9(4)10(5)8(6)3;2*1-2(3)4;/h1-5H3;2*1H3,(H,3,4);. The predicted molar refractivity (Wildman–Crippen MR) is 72.3 cm³/mol.